The Morgan fingerprint density at radius 3 is 2.44 bits per heavy atom. The Balaban J connectivity index is 2.01. The number of hydrogen-bond acceptors (Lipinski definition) is 5. The van der Waals surface area contributed by atoms with Crippen molar-refractivity contribution in [2.24, 2.45) is 5.92 Å². The topological polar surface area (TPSA) is 84.9 Å². The number of hydrogen-bond donors (Lipinski definition) is 1. The first kappa shape index (κ1) is 19.4. The molecular weight excluding hydrogens is 358 g/mol. The van der Waals surface area contributed by atoms with E-state index < -0.39 is 16.6 Å². The van der Waals surface area contributed by atoms with E-state index in [2.05, 4.69) is 10.1 Å². The number of ether oxygens (including phenoxy) is 2. The van der Waals surface area contributed by atoms with Gasteiger partial charge in [0.25, 0.3) is 0 Å². The highest BCUT2D eigenvalue weighted by Gasteiger charge is 2.29. The first-order valence-electron chi connectivity index (χ1n) is 7.59. The summed E-state index contributed by atoms with van der Waals surface area (Å²) in [6, 6.07) is 4.19. The number of benzene rings is 1. The molecule has 1 fully saturated rings. The fraction of sp³-hybridized carbons (Fsp3) is 0.533. The van der Waals surface area contributed by atoms with Crippen molar-refractivity contribution >= 4 is 21.6 Å². The molecule has 1 saturated heterocycles. The number of alkyl halides is 2. The van der Waals surface area contributed by atoms with Crippen LogP contribution in [0.4, 0.5) is 14.5 Å². The van der Waals surface area contributed by atoms with Crippen LogP contribution in [0, 0.1) is 5.92 Å². The SMILES string of the molecule is COc1ccc(NC(=O)C2CCN(S(C)(=O)=O)CC2)cc1OC(F)F. The molecule has 1 aromatic carbocycles. The molecule has 10 heteroatoms. The van der Waals surface area contributed by atoms with Gasteiger partial charge in [-0.1, -0.05) is 0 Å². The number of amides is 1. The van der Waals surface area contributed by atoms with E-state index in [-0.39, 0.29) is 36.4 Å². The minimum absolute atomic E-state index is 0.125. The lowest BCUT2D eigenvalue weighted by Gasteiger charge is -2.29. The fourth-order valence-corrected chi connectivity index (χ4v) is 3.51. The summed E-state index contributed by atoms with van der Waals surface area (Å²) in [6.07, 6.45) is 1.93. The van der Waals surface area contributed by atoms with Crippen LogP contribution in [-0.2, 0) is 14.8 Å². The molecule has 1 aromatic rings. The Morgan fingerprint density at radius 2 is 1.92 bits per heavy atom. The molecule has 0 spiro atoms. The van der Waals surface area contributed by atoms with Gasteiger partial charge in [-0.2, -0.15) is 8.78 Å². The van der Waals surface area contributed by atoms with E-state index in [0.29, 0.717) is 18.5 Å². The summed E-state index contributed by atoms with van der Waals surface area (Å²) in [6.45, 7) is -2.46. The molecule has 0 bridgehead atoms. The second kappa shape index (κ2) is 7.96. The van der Waals surface area contributed by atoms with Gasteiger partial charge in [-0.25, -0.2) is 12.7 Å². The zero-order valence-electron chi connectivity index (χ0n) is 13.9. The van der Waals surface area contributed by atoms with Crippen LogP contribution in [-0.4, -0.2) is 51.7 Å². The van der Waals surface area contributed by atoms with Gasteiger partial charge < -0.3 is 14.8 Å². The number of anilines is 1. The summed E-state index contributed by atoms with van der Waals surface area (Å²) in [5, 5.41) is 2.64. The van der Waals surface area contributed by atoms with Gasteiger partial charge in [0.15, 0.2) is 11.5 Å². The van der Waals surface area contributed by atoms with Crippen LogP contribution in [0.1, 0.15) is 12.8 Å². The lowest BCUT2D eigenvalue weighted by Crippen LogP contribution is -2.40. The van der Waals surface area contributed by atoms with Crippen LogP contribution in [0.5, 0.6) is 11.5 Å². The molecule has 7 nitrogen and oxygen atoms in total. The largest absolute Gasteiger partial charge is 0.493 e. The highest BCUT2D eigenvalue weighted by Crippen LogP contribution is 2.32. The number of piperidine rings is 1. The number of nitrogens with one attached hydrogen (secondary N) is 1. The molecule has 25 heavy (non-hydrogen) atoms. The maximum atomic E-state index is 12.4. The second-order valence-electron chi connectivity index (χ2n) is 5.67. The van der Waals surface area contributed by atoms with Crippen LogP contribution in [0.25, 0.3) is 0 Å². The van der Waals surface area contributed by atoms with Gasteiger partial charge in [-0.05, 0) is 25.0 Å². The lowest BCUT2D eigenvalue weighted by molar-refractivity contribution is -0.120. The number of carbonyl (C=O) groups excluding carboxylic acids is 1. The van der Waals surface area contributed by atoms with Gasteiger partial charge in [0, 0.05) is 30.8 Å². The molecule has 0 saturated carbocycles. The first-order valence-corrected chi connectivity index (χ1v) is 9.44. The standard InChI is InChI=1S/C15H20F2N2O5S/c1-23-12-4-3-11(9-13(12)24-15(16)17)18-14(20)10-5-7-19(8-6-10)25(2,21)22/h3-4,9-10,15H,5-8H2,1-2H3,(H,18,20). The molecule has 0 atom stereocenters. The predicted molar refractivity (Wildman–Crippen MR) is 87.4 cm³/mol. The third-order valence-corrected chi connectivity index (χ3v) is 5.24. The van der Waals surface area contributed by atoms with E-state index in [9.17, 15) is 22.0 Å². The molecule has 1 heterocycles. The van der Waals surface area contributed by atoms with Crippen molar-refractivity contribution in [3.8, 4) is 11.5 Å². The molecule has 2 rings (SSSR count). The monoisotopic (exact) mass is 378 g/mol. The Bertz CT molecular complexity index is 719. The third kappa shape index (κ3) is 5.27. The zero-order chi connectivity index (χ0) is 18.6. The molecule has 0 aliphatic carbocycles. The minimum Gasteiger partial charge on any atom is -0.493 e. The summed E-state index contributed by atoms with van der Waals surface area (Å²) in [4.78, 5) is 12.3. The molecule has 1 amide bonds. The third-order valence-electron chi connectivity index (χ3n) is 3.94. The molecular formula is C15H20F2N2O5S. The van der Waals surface area contributed by atoms with Gasteiger partial charge in [0.05, 0.1) is 13.4 Å². The van der Waals surface area contributed by atoms with Crippen molar-refractivity contribution < 1.29 is 31.5 Å². The molecule has 0 radical (unpaired) electrons. The van der Waals surface area contributed by atoms with Gasteiger partial charge in [-0.15, -0.1) is 0 Å². The van der Waals surface area contributed by atoms with Crippen molar-refractivity contribution in [3.05, 3.63) is 18.2 Å². The minimum atomic E-state index is -3.26. The summed E-state index contributed by atoms with van der Waals surface area (Å²) in [5.74, 6) is -0.692. The number of halogens is 2. The summed E-state index contributed by atoms with van der Waals surface area (Å²) in [5.41, 5.74) is 0.298. The molecule has 1 N–H and O–H groups in total. The smallest absolute Gasteiger partial charge is 0.387 e. The Labute approximate surface area is 145 Å². The van der Waals surface area contributed by atoms with Crippen LogP contribution in [0.2, 0.25) is 0 Å². The first-order chi connectivity index (χ1) is 11.7. The Morgan fingerprint density at radius 1 is 1.28 bits per heavy atom. The normalized spacial score (nSPS) is 16.7. The van der Waals surface area contributed by atoms with Crippen molar-refractivity contribution in [2.75, 3.05) is 31.8 Å². The number of methoxy groups -OCH3 is 1. The van der Waals surface area contributed by atoms with Crippen LogP contribution in [0.3, 0.4) is 0 Å². The maximum Gasteiger partial charge on any atom is 0.387 e. The van der Waals surface area contributed by atoms with Gasteiger partial charge in [0.2, 0.25) is 15.9 Å². The Hall–Kier alpha value is -1.94. The van der Waals surface area contributed by atoms with E-state index in [1.54, 1.807) is 0 Å². The predicted octanol–water partition coefficient (Wildman–Crippen LogP) is 1.91. The molecule has 1 aliphatic rings. The number of sulfonamides is 1. The highest BCUT2D eigenvalue weighted by molar-refractivity contribution is 7.88. The van der Waals surface area contributed by atoms with Gasteiger partial charge >= 0.3 is 6.61 Å². The van der Waals surface area contributed by atoms with Crippen molar-refractivity contribution in [2.45, 2.75) is 19.5 Å². The summed E-state index contributed by atoms with van der Waals surface area (Å²) >= 11 is 0. The van der Waals surface area contributed by atoms with E-state index in [1.165, 1.54) is 29.6 Å². The summed E-state index contributed by atoms with van der Waals surface area (Å²) in [7, 11) is -1.94. The number of nitrogens with zero attached hydrogens (tertiary/aromatic N) is 1. The van der Waals surface area contributed by atoms with E-state index in [4.69, 9.17) is 4.74 Å². The van der Waals surface area contributed by atoms with Crippen LogP contribution in [0.15, 0.2) is 18.2 Å². The average Bonchev–Trinajstić information content (AvgIpc) is 2.54. The average molecular weight is 378 g/mol. The zero-order valence-corrected chi connectivity index (χ0v) is 14.7. The van der Waals surface area contributed by atoms with Crippen LogP contribution < -0.4 is 14.8 Å². The number of carbonyl (C=O) groups is 1. The molecule has 0 aromatic heterocycles. The molecule has 1 aliphatic heterocycles. The van der Waals surface area contributed by atoms with Crippen molar-refractivity contribution in [1.29, 1.82) is 0 Å². The summed E-state index contributed by atoms with van der Waals surface area (Å²) < 4.78 is 58.5. The fourth-order valence-electron chi connectivity index (χ4n) is 2.64. The quantitative estimate of drug-likeness (QED) is 0.817. The van der Waals surface area contributed by atoms with Gasteiger partial charge in [0.1, 0.15) is 0 Å². The second-order valence-corrected chi connectivity index (χ2v) is 7.65. The van der Waals surface area contributed by atoms with E-state index >= 15 is 0 Å². The molecule has 140 valence electrons. The maximum absolute atomic E-state index is 12.4. The van der Waals surface area contributed by atoms with E-state index in [0.717, 1.165) is 6.26 Å². The number of rotatable bonds is 6. The van der Waals surface area contributed by atoms with E-state index in [1.807, 2.05) is 0 Å². The van der Waals surface area contributed by atoms with Crippen LogP contribution >= 0.6 is 0 Å². The molecule has 0 unspecified atom stereocenters. The Kier molecular flexibility index (Phi) is 6.17. The van der Waals surface area contributed by atoms with Crippen molar-refractivity contribution in [1.82, 2.24) is 4.31 Å². The lowest BCUT2D eigenvalue weighted by atomic mass is 9.97. The van der Waals surface area contributed by atoms with Gasteiger partial charge in [-0.3, -0.25) is 4.79 Å². The van der Waals surface area contributed by atoms with Crippen molar-refractivity contribution in [3.63, 3.8) is 0 Å². The highest BCUT2D eigenvalue weighted by atomic mass is 32.2.